The zero-order valence-electron chi connectivity index (χ0n) is 10.4. The van der Waals surface area contributed by atoms with Gasteiger partial charge in [-0.25, -0.2) is 8.78 Å². The van der Waals surface area contributed by atoms with Crippen molar-refractivity contribution >= 4 is 0 Å². The van der Waals surface area contributed by atoms with Gasteiger partial charge in [-0.2, -0.15) is 0 Å². The summed E-state index contributed by atoms with van der Waals surface area (Å²) in [7, 11) is 0. The zero-order valence-corrected chi connectivity index (χ0v) is 10.4. The van der Waals surface area contributed by atoms with Crippen LogP contribution in [0.3, 0.4) is 0 Å². The predicted molar refractivity (Wildman–Crippen MR) is 66.9 cm³/mol. The van der Waals surface area contributed by atoms with Gasteiger partial charge in [-0.3, -0.25) is 0 Å². The summed E-state index contributed by atoms with van der Waals surface area (Å²) in [6, 6.07) is 2.49. The summed E-state index contributed by atoms with van der Waals surface area (Å²) in [5.41, 5.74) is 0.622. The molecule has 1 atom stereocenters. The molecule has 0 aliphatic rings. The minimum atomic E-state index is -0.483. The Morgan fingerprint density at radius 1 is 1.41 bits per heavy atom. The number of hydrogen-bond donors (Lipinski definition) is 1. The molecule has 1 aromatic carbocycles. The molecule has 1 unspecified atom stereocenters. The molecule has 0 amide bonds. The third-order valence-corrected chi connectivity index (χ3v) is 2.78. The Labute approximate surface area is 102 Å². The maximum atomic E-state index is 14.0. The number of benzene rings is 1. The molecule has 0 spiro atoms. The van der Waals surface area contributed by atoms with E-state index in [1.54, 1.807) is 13.0 Å². The Morgan fingerprint density at radius 3 is 2.71 bits per heavy atom. The average molecular weight is 239 g/mol. The van der Waals surface area contributed by atoms with Crippen LogP contribution in [-0.2, 0) is 0 Å². The van der Waals surface area contributed by atoms with Crippen molar-refractivity contribution < 1.29 is 8.78 Å². The maximum Gasteiger partial charge on any atom is 0.133 e. The van der Waals surface area contributed by atoms with Crippen LogP contribution in [0.5, 0.6) is 0 Å². The van der Waals surface area contributed by atoms with Crippen LogP contribution in [0.25, 0.3) is 0 Å². The average Bonchev–Trinajstić information content (AvgIpc) is 2.31. The van der Waals surface area contributed by atoms with Gasteiger partial charge < -0.3 is 5.32 Å². The summed E-state index contributed by atoms with van der Waals surface area (Å²) < 4.78 is 27.7. The predicted octanol–water partition coefficient (Wildman–Crippen LogP) is 3.89. The number of allylic oxidation sites excluding steroid dienone is 1. The van der Waals surface area contributed by atoms with Crippen LogP contribution in [0.4, 0.5) is 8.78 Å². The van der Waals surface area contributed by atoms with Crippen LogP contribution in [0.1, 0.15) is 36.9 Å². The van der Waals surface area contributed by atoms with E-state index in [9.17, 15) is 8.78 Å². The van der Waals surface area contributed by atoms with Crippen molar-refractivity contribution in [2.24, 2.45) is 0 Å². The van der Waals surface area contributed by atoms with Gasteiger partial charge in [0.25, 0.3) is 0 Å². The molecule has 1 aromatic rings. The van der Waals surface area contributed by atoms with Crippen molar-refractivity contribution in [2.75, 3.05) is 6.54 Å². The first-order chi connectivity index (χ1) is 8.11. The number of hydrogen-bond acceptors (Lipinski definition) is 1. The molecule has 0 bridgehead atoms. The molecule has 1 N–H and O–H groups in total. The van der Waals surface area contributed by atoms with Crippen LogP contribution in [0, 0.1) is 18.6 Å². The monoisotopic (exact) mass is 239 g/mol. The number of halogens is 2. The molecule has 0 radical (unpaired) electrons. The molecule has 0 saturated heterocycles. The number of nitrogens with one attached hydrogen (secondary N) is 1. The Bertz CT molecular complexity index is 388. The van der Waals surface area contributed by atoms with Crippen LogP contribution in [0.15, 0.2) is 24.8 Å². The second-order valence-electron chi connectivity index (χ2n) is 4.07. The SMILES string of the molecule is C=CCCC(NCC)c1c(F)ccc(C)c1F. The van der Waals surface area contributed by atoms with Gasteiger partial charge in [0.1, 0.15) is 11.6 Å². The van der Waals surface area contributed by atoms with Gasteiger partial charge in [-0.1, -0.05) is 19.1 Å². The Hall–Kier alpha value is -1.22. The summed E-state index contributed by atoms with van der Waals surface area (Å²) in [5, 5.41) is 3.11. The van der Waals surface area contributed by atoms with E-state index in [1.165, 1.54) is 12.1 Å². The summed E-state index contributed by atoms with van der Waals surface area (Å²) in [5.74, 6) is -0.928. The number of aryl methyl sites for hydroxylation is 1. The highest BCUT2D eigenvalue weighted by molar-refractivity contribution is 5.29. The molecular weight excluding hydrogens is 220 g/mol. The van der Waals surface area contributed by atoms with Gasteiger partial charge in [0.2, 0.25) is 0 Å². The van der Waals surface area contributed by atoms with E-state index in [1.807, 2.05) is 6.92 Å². The fourth-order valence-corrected chi connectivity index (χ4v) is 1.88. The molecule has 0 aliphatic carbocycles. The highest BCUT2D eigenvalue weighted by Gasteiger charge is 2.20. The minimum Gasteiger partial charge on any atom is -0.310 e. The Kier molecular flexibility index (Phi) is 5.29. The molecule has 0 saturated carbocycles. The van der Waals surface area contributed by atoms with Crippen molar-refractivity contribution in [3.8, 4) is 0 Å². The lowest BCUT2D eigenvalue weighted by atomic mass is 9.98. The summed E-state index contributed by atoms with van der Waals surface area (Å²) in [4.78, 5) is 0. The van der Waals surface area contributed by atoms with Crippen LogP contribution in [0.2, 0.25) is 0 Å². The Morgan fingerprint density at radius 2 is 2.12 bits per heavy atom. The summed E-state index contributed by atoms with van der Waals surface area (Å²) in [6.07, 6.45) is 3.13. The van der Waals surface area contributed by atoms with Gasteiger partial charge in [-0.15, -0.1) is 6.58 Å². The standard InChI is InChI=1S/C14H19F2N/c1-4-6-7-12(17-5-2)13-11(15)9-8-10(3)14(13)16/h4,8-9,12,17H,1,5-7H2,2-3H3. The lowest BCUT2D eigenvalue weighted by Crippen LogP contribution is -2.23. The topological polar surface area (TPSA) is 12.0 Å². The highest BCUT2D eigenvalue weighted by atomic mass is 19.1. The third-order valence-electron chi connectivity index (χ3n) is 2.78. The van der Waals surface area contributed by atoms with E-state index in [4.69, 9.17) is 0 Å². The smallest absolute Gasteiger partial charge is 0.133 e. The van der Waals surface area contributed by atoms with Crippen LogP contribution >= 0.6 is 0 Å². The molecule has 0 aromatic heterocycles. The van der Waals surface area contributed by atoms with Crippen molar-refractivity contribution in [2.45, 2.75) is 32.7 Å². The van der Waals surface area contributed by atoms with Gasteiger partial charge in [-0.05, 0) is 37.9 Å². The van der Waals surface area contributed by atoms with Crippen LogP contribution < -0.4 is 5.32 Å². The van der Waals surface area contributed by atoms with E-state index in [-0.39, 0.29) is 11.6 Å². The van der Waals surface area contributed by atoms with Gasteiger partial charge >= 0.3 is 0 Å². The van der Waals surface area contributed by atoms with E-state index < -0.39 is 11.6 Å². The highest BCUT2D eigenvalue weighted by Crippen LogP contribution is 2.26. The van der Waals surface area contributed by atoms with Gasteiger partial charge in [0.05, 0.1) is 0 Å². The molecule has 0 fully saturated rings. The van der Waals surface area contributed by atoms with E-state index >= 15 is 0 Å². The molecule has 1 nitrogen and oxygen atoms in total. The molecule has 1 rings (SSSR count). The molecule has 0 heterocycles. The molecule has 3 heteroatoms. The van der Waals surface area contributed by atoms with E-state index in [0.717, 1.165) is 6.42 Å². The van der Waals surface area contributed by atoms with E-state index in [0.29, 0.717) is 18.5 Å². The van der Waals surface area contributed by atoms with Crippen molar-refractivity contribution in [1.29, 1.82) is 0 Å². The summed E-state index contributed by atoms with van der Waals surface area (Å²) in [6.45, 7) is 7.88. The first-order valence-electron chi connectivity index (χ1n) is 5.90. The normalized spacial score (nSPS) is 12.5. The fourth-order valence-electron chi connectivity index (χ4n) is 1.88. The van der Waals surface area contributed by atoms with Crippen molar-refractivity contribution in [1.82, 2.24) is 5.32 Å². The van der Waals surface area contributed by atoms with Gasteiger partial charge in [0, 0.05) is 11.6 Å². The maximum absolute atomic E-state index is 14.0. The lowest BCUT2D eigenvalue weighted by Gasteiger charge is -2.19. The molecule has 94 valence electrons. The van der Waals surface area contributed by atoms with Crippen molar-refractivity contribution in [3.63, 3.8) is 0 Å². The van der Waals surface area contributed by atoms with Gasteiger partial charge in [0.15, 0.2) is 0 Å². The lowest BCUT2D eigenvalue weighted by molar-refractivity contribution is 0.454. The summed E-state index contributed by atoms with van der Waals surface area (Å²) >= 11 is 0. The Balaban J connectivity index is 3.07. The minimum absolute atomic E-state index is 0.147. The first kappa shape index (κ1) is 13.8. The third kappa shape index (κ3) is 3.37. The molecular formula is C14H19F2N. The first-order valence-corrected chi connectivity index (χ1v) is 5.90. The van der Waals surface area contributed by atoms with E-state index in [2.05, 4.69) is 11.9 Å². The van der Waals surface area contributed by atoms with Crippen molar-refractivity contribution in [3.05, 3.63) is 47.5 Å². The number of rotatable bonds is 6. The molecule has 17 heavy (non-hydrogen) atoms. The molecule has 0 aliphatic heterocycles. The quantitative estimate of drug-likeness (QED) is 0.743. The second-order valence-corrected chi connectivity index (χ2v) is 4.07. The largest absolute Gasteiger partial charge is 0.310 e. The fraction of sp³-hybridized carbons (Fsp3) is 0.429. The van der Waals surface area contributed by atoms with Crippen LogP contribution in [-0.4, -0.2) is 6.54 Å². The second kappa shape index (κ2) is 6.50. The zero-order chi connectivity index (χ0) is 12.8.